The number of hydrogen-bond donors (Lipinski definition) is 2. The maximum atomic E-state index is 5.58. The molecule has 4 heteroatoms. The molecular formula is C18H30N3S+. The zero-order chi connectivity index (χ0) is 15.9. The smallest absolute Gasteiger partial charge is 0.173 e. The van der Waals surface area contributed by atoms with Gasteiger partial charge in [-0.2, -0.15) is 0 Å². The minimum atomic E-state index is 0.796. The molecule has 1 aliphatic heterocycles. The largest absolute Gasteiger partial charge is 0.349 e. The molecule has 3 nitrogen and oxygen atoms in total. The highest BCUT2D eigenvalue weighted by Crippen LogP contribution is 2.13. The van der Waals surface area contributed by atoms with Gasteiger partial charge in [0.25, 0.3) is 0 Å². The molecule has 0 saturated carbocycles. The van der Waals surface area contributed by atoms with Gasteiger partial charge in [-0.25, -0.2) is 0 Å². The molecule has 0 bridgehead atoms. The van der Waals surface area contributed by atoms with Gasteiger partial charge < -0.3 is 15.1 Å². The van der Waals surface area contributed by atoms with Crippen LogP contribution >= 0.6 is 12.2 Å². The molecule has 2 N–H and O–H groups in total. The summed E-state index contributed by atoms with van der Waals surface area (Å²) in [4.78, 5) is 4.01. The van der Waals surface area contributed by atoms with Gasteiger partial charge in [0.15, 0.2) is 5.11 Å². The van der Waals surface area contributed by atoms with Crippen molar-refractivity contribution in [2.24, 2.45) is 0 Å². The summed E-state index contributed by atoms with van der Waals surface area (Å²) in [5, 5.41) is 4.25. The van der Waals surface area contributed by atoms with Gasteiger partial charge in [0.05, 0.1) is 19.6 Å². The van der Waals surface area contributed by atoms with Crippen LogP contribution < -0.4 is 10.2 Å². The van der Waals surface area contributed by atoms with Crippen LogP contribution in [-0.2, 0) is 0 Å². The Bertz CT molecular complexity index is 481. The maximum absolute atomic E-state index is 5.58. The topological polar surface area (TPSA) is 19.7 Å². The number of rotatable bonds is 5. The molecule has 1 atom stereocenters. The normalized spacial score (nSPS) is 17.3. The molecule has 122 valence electrons. The third-order valence-electron chi connectivity index (χ3n) is 4.67. The highest BCUT2D eigenvalue weighted by Gasteiger charge is 2.26. The number of anilines is 1. The van der Waals surface area contributed by atoms with Crippen LogP contribution in [0, 0.1) is 6.92 Å². The number of benzene rings is 1. The lowest BCUT2D eigenvalue weighted by Crippen LogP contribution is -3.13. The molecule has 22 heavy (non-hydrogen) atoms. The fourth-order valence-electron chi connectivity index (χ4n) is 3.16. The van der Waals surface area contributed by atoms with E-state index in [4.69, 9.17) is 12.2 Å². The van der Waals surface area contributed by atoms with E-state index in [1.165, 1.54) is 37.8 Å². The van der Waals surface area contributed by atoms with Gasteiger partial charge in [-0.05, 0) is 43.3 Å². The fourth-order valence-corrected chi connectivity index (χ4v) is 3.46. The van der Waals surface area contributed by atoms with E-state index in [0.29, 0.717) is 0 Å². The monoisotopic (exact) mass is 320 g/mol. The first-order valence-corrected chi connectivity index (χ1v) is 8.96. The van der Waals surface area contributed by atoms with Crippen LogP contribution in [0.3, 0.4) is 0 Å². The quantitative estimate of drug-likeness (QED) is 0.813. The van der Waals surface area contributed by atoms with Gasteiger partial charge in [0.2, 0.25) is 0 Å². The van der Waals surface area contributed by atoms with Crippen molar-refractivity contribution in [2.45, 2.75) is 45.6 Å². The standard InChI is InChI=1S/C18H29N3S/c1-4-5-11-20(3)17-9-12-21(13-10-17)18(22)19-16-8-6-7-15(2)14-16/h6-8,14,17H,4-5,9-13H2,1-3H3,(H,19,22)/p+1. The Kier molecular flexibility index (Phi) is 6.65. The van der Waals surface area contributed by atoms with Crippen LogP contribution in [-0.4, -0.2) is 42.7 Å². The van der Waals surface area contributed by atoms with Crippen LogP contribution in [0.4, 0.5) is 5.69 Å². The van der Waals surface area contributed by atoms with Gasteiger partial charge >= 0.3 is 0 Å². The molecule has 0 radical (unpaired) electrons. The van der Waals surface area contributed by atoms with E-state index in [1.54, 1.807) is 4.90 Å². The predicted molar refractivity (Wildman–Crippen MR) is 98.7 cm³/mol. The first kappa shape index (κ1) is 17.2. The van der Waals surface area contributed by atoms with E-state index in [1.807, 2.05) is 0 Å². The van der Waals surface area contributed by atoms with Gasteiger partial charge in [-0.3, -0.25) is 0 Å². The Hall–Kier alpha value is -1.13. The Morgan fingerprint density at radius 3 is 2.73 bits per heavy atom. The number of hydrogen-bond acceptors (Lipinski definition) is 1. The Morgan fingerprint density at radius 2 is 2.09 bits per heavy atom. The molecule has 0 aliphatic carbocycles. The van der Waals surface area contributed by atoms with E-state index in [0.717, 1.165) is 29.9 Å². The first-order valence-electron chi connectivity index (χ1n) is 8.55. The molecule has 1 aromatic rings. The second-order valence-electron chi connectivity index (χ2n) is 6.51. The van der Waals surface area contributed by atoms with Gasteiger partial charge in [0, 0.05) is 31.6 Å². The summed E-state index contributed by atoms with van der Waals surface area (Å²) in [6.45, 7) is 7.82. The van der Waals surface area contributed by atoms with Crippen LogP contribution in [0.15, 0.2) is 24.3 Å². The second kappa shape index (κ2) is 8.49. The summed E-state index contributed by atoms with van der Waals surface area (Å²) in [6, 6.07) is 9.19. The van der Waals surface area contributed by atoms with Gasteiger partial charge in [0.1, 0.15) is 0 Å². The Balaban J connectivity index is 1.80. The molecule has 0 aromatic heterocycles. The average molecular weight is 321 g/mol. The van der Waals surface area contributed by atoms with E-state index < -0.39 is 0 Å². The van der Waals surface area contributed by atoms with E-state index >= 15 is 0 Å². The summed E-state index contributed by atoms with van der Waals surface area (Å²) in [5.41, 5.74) is 2.35. The van der Waals surface area contributed by atoms with Crippen molar-refractivity contribution in [1.82, 2.24) is 4.90 Å². The third-order valence-corrected chi connectivity index (χ3v) is 5.03. The summed E-state index contributed by atoms with van der Waals surface area (Å²) in [7, 11) is 2.35. The van der Waals surface area contributed by atoms with E-state index in [2.05, 4.69) is 55.4 Å². The van der Waals surface area contributed by atoms with Crippen LogP contribution in [0.25, 0.3) is 0 Å². The molecule has 1 aromatic carbocycles. The summed E-state index contributed by atoms with van der Waals surface area (Å²) in [6.07, 6.45) is 5.11. The van der Waals surface area contributed by atoms with Crippen molar-refractivity contribution >= 4 is 23.0 Å². The fraction of sp³-hybridized carbons (Fsp3) is 0.611. The lowest BCUT2D eigenvalue weighted by Gasteiger charge is -2.36. The SMILES string of the molecule is CCCC[NH+](C)C1CCN(C(=S)Nc2cccc(C)c2)CC1. The molecule has 2 rings (SSSR count). The maximum Gasteiger partial charge on any atom is 0.173 e. The lowest BCUT2D eigenvalue weighted by molar-refractivity contribution is -0.907. The van der Waals surface area contributed by atoms with Crippen molar-refractivity contribution in [3.05, 3.63) is 29.8 Å². The first-order chi connectivity index (χ1) is 10.6. The van der Waals surface area contributed by atoms with Gasteiger partial charge in [-0.15, -0.1) is 0 Å². The predicted octanol–water partition coefficient (Wildman–Crippen LogP) is 2.47. The molecule has 1 saturated heterocycles. The lowest BCUT2D eigenvalue weighted by atomic mass is 10.0. The Morgan fingerprint density at radius 1 is 1.36 bits per heavy atom. The number of thiocarbonyl (C=S) groups is 1. The molecule has 0 amide bonds. The average Bonchev–Trinajstić information content (AvgIpc) is 2.52. The van der Waals surface area contributed by atoms with Crippen molar-refractivity contribution in [1.29, 1.82) is 0 Å². The zero-order valence-corrected chi connectivity index (χ0v) is 15.0. The minimum Gasteiger partial charge on any atom is -0.349 e. The number of nitrogens with zero attached hydrogens (tertiary/aromatic N) is 1. The summed E-state index contributed by atoms with van der Waals surface area (Å²) in [5.74, 6) is 0. The van der Waals surface area contributed by atoms with Crippen LogP contribution in [0.2, 0.25) is 0 Å². The number of likely N-dealkylation sites (tertiary alicyclic amines) is 1. The molecule has 1 aliphatic rings. The van der Waals surface area contributed by atoms with Crippen molar-refractivity contribution in [2.75, 3.05) is 32.0 Å². The molecule has 1 fully saturated rings. The van der Waals surface area contributed by atoms with E-state index in [9.17, 15) is 0 Å². The molecule has 0 spiro atoms. The number of aryl methyl sites for hydroxylation is 1. The zero-order valence-electron chi connectivity index (χ0n) is 14.2. The third kappa shape index (κ3) is 4.96. The molecule has 1 unspecified atom stereocenters. The van der Waals surface area contributed by atoms with Crippen molar-refractivity contribution in [3.8, 4) is 0 Å². The van der Waals surface area contributed by atoms with Crippen molar-refractivity contribution in [3.63, 3.8) is 0 Å². The number of unbranched alkanes of at least 4 members (excludes halogenated alkanes) is 1. The number of quaternary nitrogens is 1. The van der Waals surface area contributed by atoms with Gasteiger partial charge in [-0.1, -0.05) is 25.5 Å². The molecular weight excluding hydrogens is 290 g/mol. The van der Waals surface area contributed by atoms with E-state index in [-0.39, 0.29) is 0 Å². The van der Waals surface area contributed by atoms with Crippen molar-refractivity contribution < 1.29 is 4.90 Å². The summed E-state index contributed by atoms with van der Waals surface area (Å²) >= 11 is 5.58. The highest BCUT2D eigenvalue weighted by atomic mass is 32.1. The molecule has 1 heterocycles. The van der Waals surface area contributed by atoms with Crippen LogP contribution in [0.5, 0.6) is 0 Å². The van der Waals surface area contributed by atoms with Crippen LogP contribution in [0.1, 0.15) is 38.2 Å². The second-order valence-corrected chi connectivity index (χ2v) is 6.90. The number of piperidine rings is 1. The minimum absolute atomic E-state index is 0.796. The summed E-state index contributed by atoms with van der Waals surface area (Å²) < 4.78 is 0. The Labute approximate surface area is 140 Å². The number of nitrogens with one attached hydrogen (secondary N) is 2. The highest BCUT2D eigenvalue weighted by molar-refractivity contribution is 7.80.